The molecule has 2 aromatic heterocycles. The predicted octanol–water partition coefficient (Wildman–Crippen LogP) is 3.33. The normalized spacial score (nSPS) is 10.5. The average Bonchev–Trinajstić information content (AvgIpc) is 2.86. The number of carbonyl (C=O) groups excluding carboxylic acids is 1. The highest BCUT2D eigenvalue weighted by atomic mass is 32.1. The van der Waals surface area contributed by atoms with Crippen LogP contribution in [0.4, 0.5) is 0 Å². The fourth-order valence-corrected chi connectivity index (χ4v) is 2.23. The van der Waals surface area contributed by atoms with Gasteiger partial charge in [0.25, 0.3) is 0 Å². The van der Waals surface area contributed by atoms with Crippen LogP contribution in [0.5, 0.6) is 0 Å². The molecule has 0 fully saturated rings. The molecule has 2 heterocycles. The van der Waals surface area contributed by atoms with Gasteiger partial charge in [-0.15, -0.1) is 11.3 Å². The highest BCUT2D eigenvalue weighted by Crippen LogP contribution is 2.16. The molecule has 0 bridgehead atoms. The molecule has 2 nitrogen and oxygen atoms in total. The quantitative estimate of drug-likeness (QED) is 0.740. The summed E-state index contributed by atoms with van der Waals surface area (Å²) in [5.74, 6) is 0.930. The van der Waals surface area contributed by atoms with Crippen molar-refractivity contribution in [3.05, 3.63) is 46.0 Å². The molecule has 0 radical (unpaired) electrons. The maximum Gasteiger partial charge on any atom is 0.171 e. The van der Waals surface area contributed by atoms with Crippen LogP contribution in [0.3, 0.4) is 0 Å². The summed E-state index contributed by atoms with van der Waals surface area (Å²) in [6, 6.07) is 5.70. The first kappa shape index (κ1) is 10.2. The van der Waals surface area contributed by atoms with Crippen LogP contribution in [0, 0.1) is 0 Å². The van der Waals surface area contributed by atoms with Gasteiger partial charge in [0.1, 0.15) is 5.76 Å². The van der Waals surface area contributed by atoms with Gasteiger partial charge in [0.05, 0.1) is 11.8 Å². The topological polar surface area (TPSA) is 30.2 Å². The number of ketones is 1. The molecule has 0 aliphatic rings. The molecule has 0 saturated heterocycles. The highest BCUT2D eigenvalue weighted by Gasteiger charge is 2.13. The Morgan fingerprint density at radius 3 is 3.00 bits per heavy atom. The van der Waals surface area contributed by atoms with Crippen LogP contribution in [-0.4, -0.2) is 5.78 Å². The average molecular weight is 220 g/mol. The first-order valence-corrected chi connectivity index (χ1v) is 5.81. The summed E-state index contributed by atoms with van der Waals surface area (Å²) >= 11 is 1.61. The van der Waals surface area contributed by atoms with Gasteiger partial charge in [-0.05, 0) is 17.5 Å². The molecular weight excluding hydrogens is 208 g/mol. The number of carbonyl (C=O) groups is 1. The smallest absolute Gasteiger partial charge is 0.171 e. The Balaban J connectivity index is 2.15. The zero-order valence-electron chi connectivity index (χ0n) is 8.53. The third-order valence-corrected chi connectivity index (χ3v) is 3.16. The predicted molar refractivity (Wildman–Crippen MR) is 60.4 cm³/mol. The van der Waals surface area contributed by atoms with E-state index >= 15 is 0 Å². The van der Waals surface area contributed by atoms with E-state index in [0.717, 1.165) is 22.6 Å². The van der Waals surface area contributed by atoms with Crippen molar-refractivity contribution in [2.45, 2.75) is 19.8 Å². The van der Waals surface area contributed by atoms with Crippen molar-refractivity contribution < 1.29 is 9.21 Å². The maximum atomic E-state index is 11.9. The van der Waals surface area contributed by atoms with Crippen molar-refractivity contribution in [1.82, 2.24) is 0 Å². The standard InChI is InChI=1S/C12H12O2S/c1-2-12-10(5-6-14-12)11(13)8-9-4-3-7-15-9/h3-7H,2,8H2,1H3. The lowest BCUT2D eigenvalue weighted by molar-refractivity contribution is 0.0992. The molecule has 2 aromatic rings. The molecule has 0 saturated carbocycles. The SMILES string of the molecule is CCc1occc1C(=O)Cc1cccs1. The Labute approximate surface area is 92.5 Å². The lowest BCUT2D eigenvalue weighted by Crippen LogP contribution is -2.03. The van der Waals surface area contributed by atoms with E-state index in [1.54, 1.807) is 23.7 Å². The fraction of sp³-hybridized carbons (Fsp3) is 0.250. The van der Waals surface area contributed by atoms with E-state index in [0.29, 0.717) is 6.42 Å². The van der Waals surface area contributed by atoms with Crippen molar-refractivity contribution in [3.63, 3.8) is 0 Å². The van der Waals surface area contributed by atoms with Crippen molar-refractivity contribution in [1.29, 1.82) is 0 Å². The largest absolute Gasteiger partial charge is 0.469 e. The van der Waals surface area contributed by atoms with Crippen molar-refractivity contribution in [2.24, 2.45) is 0 Å². The first-order valence-electron chi connectivity index (χ1n) is 4.93. The molecule has 2 rings (SSSR count). The molecule has 0 N–H and O–H groups in total. The molecule has 0 unspecified atom stereocenters. The van der Waals surface area contributed by atoms with E-state index in [1.807, 2.05) is 24.4 Å². The van der Waals surface area contributed by atoms with Crippen LogP contribution in [-0.2, 0) is 12.8 Å². The van der Waals surface area contributed by atoms with E-state index in [-0.39, 0.29) is 5.78 Å². The Morgan fingerprint density at radius 1 is 1.47 bits per heavy atom. The molecule has 0 aliphatic carbocycles. The molecule has 0 spiro atoms. The van der Waals surface area contributed by atoms with E-state index in [2.05, 4.69) is 0 Å². The lowest BCUT2D eigenvalue weighted by Gasteiger charge is -1.98. The number of furan rings is 1. The van der Waals surface area contributed by atoms with Crippen LogP contribution in [0.2, 0.25) is 0 Å². The van der Waals surface area contributed by atoms with Gasteiger partial charge in [0.2, 0.25) is 0 Å². The summed E-state index contributed by atoms with van der Waals surface area (Å²) in [5, 5.41) is 1.98. The van der Waals surface area contributed by atoms with Gasteiger partial charge < -0.3 is 4.42 Å². The second-order valence-electron chi connectivity index (χ2n) is 3.29. The van der Waals surface area contributed by atoms with Crippen molar-refractivity contribution >= 4 is 17.1 Å². The highest BCUT2D eigenvalue weighted by molar-refractivity contribution is 7.10. The second-order valence-corrected chi connectivity index (χ2v) is 4.32. The zero-order valence-corrected chi connectivity index (χ0v) is 9.34. The van der Waals surface area contributed by atoms with Crippen LogP contribution < -0.4 is 0 Å². The first-order chi connectivity index (χ1) is 7.31. The van der Waals surface area contributed by atoms with Crippen LogP contribution >= 0.6 is 11.3 Å². The summed E-state index contributed by atoms with van der Waals surface area (Å²) in [6.07, 6.45) is 2.82. The Kier molecular flexibility index (Phi) is 3.02. The van der Waals surface area contributed by atoms with E-state index in [9.17, 15) is 4.79 Å². The summed E-state index contributed by atoms with van der Waals surface area (Å²) in [5.41, 5.74) is 0.728. The Morgan fingerprint density at radius 2 is 2.33 bits per heavy atom. The van der Waals surface area contributed by atoms with E-state index < -0.39 is 0 Å². The maximum absolute atomic E-state index is 11.9. The van der Waals surface area contributed by atoms with Gasteiger partial charge in [0.15, 0.2) is 5.78 Å². The van der Waals surface area contributed by atoms with Gasteiger partial charge in [-0.2, -0.15) is 0 Å². The van der Waals surface area contributed by atoms with Gasteiger partial charge >= 0.3 is 0 Å². The molecule has 15 heavy (non-hydrogen) atoms. The van der Waals surface area contributed by atoms with Gasteiger partial charge in [0, 0.05) is 17.7 Å². The second kappa shape index (κ2) is 4.45. The molecule has 0 atom stereocenters. The summed E-state index contributed by atoms with van der Waals surface area (Å²) in [4.78, 5) is 13.0. The number of Topliss-reactive ketones (excluding diaryl/α,β-unsaturated/α-hetero) is 1. The molecule has 0 aromatic carbocycles. The minimum Gasteiger partial charge on any atom is -0.469 e. The minimum atomic E-state index is 0.142. The summed E-state index contributed by atoms with van der Waals surface area (Å²) in [7, 11) is 0. The fourth-order valence-electron chi connectivity index (χ4n) is 1.53. The molecule has 0 aliphatic heterocycles. The van der Waals surface area contributed by atoms with Crippen molar-refractivity contribution in [3.8, 4) is 0 Å². The molecule has 0 amide bonds. The summed E-state index contributed by atoms with van der Waals surface area (Å²) in [6.45, 7) is 1.99. The Bertz CT molecular complexity index is 440. The van der Waals surface area contributed by atoms with Crippen LogP contribution in [0.25, 0.3) is 0 Å². The number of rotatable bonds is 4. The van der Waals surface area contributed by atoms with Crippen LogP contribution in [0.15, 0.2) is 34.3 Å². The minimum absolute atomic E-state index is 0.142. The van der Waals surface area contributed by atoms with Gasteiger partial charge in [-0.3, -0.25) is 4.79 Å². The van der Waals surface area contributed by atoms with Crippen LogP contribution in [0.1, 0.15) is 27.9 Å². The van der Waals surface area contributed by atoms with Gasteiger partial charge in [-0.25, -0.2) is 0 Å². The number of hydrogen-bond acceptors (Lipinski definition) is 3. The zero-order chi connectivity index (χ0) is 10.7. The van der Waals surface area contributed by atoms with Crippen molar-refractivity contribution in [2.75, 3.05) is 0 Å². The summed E-state index contributed by atoms with van der Waals surface area (Å²) < 4.78 is 5.24. The number of hydrogen-bond donors (Lipinski definition) is 0. The third kappa shape index (κ3) is 2.18. The number of aryl methyl sites for hydroxylation is 1. The Hall–Kier alpha value is -1.35. The van der Waals surface area contributed by atoms with E-state index in [4.69, 9.17) is 4.42 Å². The third-order valence-electron chi connectivity index (χ3n) is 2.28. The monoisotopic (exact) mass is 220 g/mol. The molecule has 78 valence electrons. The van der Waals surface area contributed by atoms with Gasteiger partial charge in [-0.1, -0.05) is 13.0 Å². The lowest BCUT2D eigenvalue weighted by atomic mass is 10.1. The van der Waals surface area contributed by atoms with E-state index in [1.165, 1.54) is 0 Å². The number of thiophene rings is 1. The molecule has 3 heteroatoms. The molecular formula is C12H12O2S.